The van der Waals surface area contributed by atoms with E-state index in [-0.39, 0.29) is 5.56 Å². The largest absolute Gasteiger partial charge is 0.478 e. The highest BCUT2D eigenvalue weighted by molar-refractivity contribution is 5.88. The Balaban J connectivity index is 1.71. The van der Waals surface area contributed by atoms with Gasteiger partial charge < -0.3 is 15.4 Å². The van der Waals surface area contributed by atoms with Crippen molar-refractivity contribution in [1.29, 1.82) is 0 Å². The number of carboxylic acids is 1. The van der Waals surface area contributed by atoms with Crippen LogP contribution >= 0.6 is 0 Å². The Morgan fingerprint density at radius 3 is 2.60 bits per heavy atom. The number of aromatic amines is 1. The Bertz CT molecular complexity index is 714. The number of carbonyl (C=O) groups is 1. The van der Waals surface area contributed by atoms with E-state index in [1.54, 1.807) is 24.3 Å². The fourth-order valence-corrected chi connectivity index (χ4v) is 2.01. The van der Waals surface area contributed by atoms with Gasteiger partial charge in [0.1, 0.15) is 5.82 Å². The van der Waals surface area contributed by atoms with Crippen molar-refractivity contribution < 1.29 is 9.90 Å². The number of para-hydroxylation sites is 2. The van der Waals surface area contributed by atoms with Crippen LogP contribution in [0.1, 0.15) is 16.2 Å². The van der Waals surface area contributed by atoms with Gasteiger partial charge in [0.25, 0.3) is 0 Å². The molecule has 100 valence electrons. The molecule has 0 aliphatic rings. The molecule has 0 aliphatic carbocycles. The van der Waals surface area contributed by atoms with Gasteiger partial charge in [-0.05, 0) is 36.4 Å². The fourth-order valence-electron chi connectivity index (χ4n) is 2.01. The van der Waals surface area contributed by atoms with Crippen LogP contribution in [0.5, 0.6) is 0 Å². The SMILES string of the molecule is O=C(O)c1ccc(NCc2nc3ccccc3[nH]2)cc1. The molecule has 3 rings (SSSR count). The molecule has 0 amide bonds. The molecule has 0 fully saturated rings. The summed E-state index contributed by atoms with van der Waals surface area (Å²) in [6, 6.07) is 14.5. The number of fused-ring (bicyclic) bond motifs is 1. The molecule has 0 saturated heterocycles. The zero-order valence-corrected chi connectivity index (χ0v) is 10.6. The number of benzene rings is 2. The molecule has 0 bridgehead atoms. The summed E-state index contributed by atoms with van der Waals surface area (Å²) in [5, 5.41) is 12.0. The van der Waals surface area contributed by atoms with E-state index < -0.39 is 5.97 Å². The van der Waals surface area contributed by atoms with Crippen molar-refractivity contribution in [3.05, 3.63) is 59.9 Å². The van der Waals surface area contributed by atoms with Crippen molar-refractivity contribution >= 4 is 22.7 Å². The Morgan fingerprint density at radius 1 is 1.15 bits per heavy atom. The van der Waals surface area contributed by atoms with Crippen LogP contribution in [-0.2, 0) is 6.54 Å². The molecule has 0 saturated carbocycles. The first kappa shape index (κ1) is 12.2. The van der Waals surface area contributed by atoms with E-state index in [0.29, 0.717) is 6.54 Å². The first-order valence-electron chi connectivity index (χ1n) is 6.23. The second kappa shape index (κ2) is 5.05. The molecule has 5 nitrogen and oxygen atoms in total. The normalized spacial score (nSPS) is 10.6. The molecule has 0 spiro atoms. The number of anilines is 1. The van der Waals surface area contributed by atoms with E-state index in [1.807, 2.05) is 24.3 Å². The minimum atomic E-state index is -0.922. The third-order valence-electron chi connectivity index (χ3n) is 3.03. The second-order valence-electron chi connectivity index (χ2n) is 4.44. The van der Waals surface area contributed by atoms with Crippen LogP contribution < -0.4 is 5.32 Å². The molecule has 3 N–H and O–H groups in total. The quantitative estimate of drug-likeness (QED) is 0.679. The Labute approximate surface area is 115 Å². The van der Waals surface area contributed by atoms with Gasteiger partial charge in [0.15, 0.2) is 0 Å². The van der Waals surface area contributed by atoms with E-state index in [2.05, 4.69) is 15.3 Å². The van der Waals surface area contributed by atoms with Crippen molar-refractivity contribution in [3.63, 3.8) is 0 Å². The topological polar surface area (TPSA) is 78.0 Å². The fraction of sp³-hybridized carbons (Fsp3) is 0.0667. The summed E-state index contributed by atoms with van der Waals surface area (Å²) in [4.78, 5) is 18.4. The molecule has 3 aromatic rings. The van der Waals surface area contributed by atoms with Gasteiger partial charge >= 0.3 is 5.97 Å². The summed E-state index contributed by atoms with van der Waals surface area (Å²) in [5.41, 5.74) is 3.07. The number of H-pyrrole nitrogens is 1. The summed E-state index contributed by atoms with van der Waals surface area (Å²) in [6.07, 6.45) is 0. The van der Waals surface area contributed by atoms with Gasteiger partial charge in [-0.1, -0.05) is 12.1 Å². The zero-order chi connectivity index (χ0) is 13.9. The molecule has 1 heterocycles. The lowest BCUT2D eigenvalue weighted by molar-refractivity contribution is 0.0697. The summed E-state index contributed by atoms with van der Waals surface area (Å²) < 4.78 is 0. The van der Waals surface area contributed by atoms with E-state index in [9.17, 15) is 4.79 Å². The van der Waals surface area contributed by atoms with Crippen LogP contribution in [0.15, 0.2) is 48.5 Å². The molecule has 5 heteroatoms. The van der Waals surface area contributed by atoms with Crippen molar-refractivity contribution in [3.8, 4) is 0 Å². The van der Waals surface area contributed by atoms with Crippen LogP contribution in [0, 0.1) is 0 Å². The lowest BCUT2D eigenvalue weighted by Crippen LogP contribution is -2.02. The number of aromatic nitrogens is 2. The maximum Gasteiger partial charge on any atom is 0.335 e. The van der Waals surface area contributed by atoms with Crippen molar-refractivity contribution in [2.24, 2.45) is 0 Å². The number of nitrogens with one attached hydrogen (secondary N) is 2. The number of carboxylic acid groups (broad SMARTS) is 1. The van der Waals surface area contributed by atoms with Crippen LogP contribution in [-0.4, -0.2) is 21.0 Å². The number of rotatable bonds is 4. The van der Waals surface area contributed by atoms with E-state index in [4.69, 9.17) is 5.11 Å². The molecular weight excluding hydrogens is 254 g/mol. The van der Waals surface area contributed by atoms with Crippen molar-refractivity contribution in [1.82, 2.24) is 9.97 Å². The average molecular weight is 267 g/mol. The molecule has 1 aromatic heterocycles. The van der Waals surface area contributed by atoms with Gasteiger partial charge in [0.2, 0.25) is 0 Å². The summed E-state index contributed by atoms with van der Waals surface area (Å²) >= 11 is 0. The van der Waals surface area contributed by atoms with Crippen molar-refractivity contribution in [2.75, 3.05) is 5.32 Å². The maximum absolute atomic E-state index is 10.8. The monoisotopic (exact) mass is 267 g/mol. The third kappa shape index (κ3) is 2.47. The lowest BCUT2D eigenvalue weighted by Gasteiger charge is -2.04. The molecule has 2 aromatic carbocycles. The molecule has 0 radical (unpaired) electrons. The minimum absolute atomic E-state index is 0.277. The highest BCUT2D eigenvalue weighted by atomic mass is 16.4. The molecular formula is C15H13N3O2. The maximum atomic E-state index is 10.8. The first-order valence-corrected chi connectivity index (χ1v) is 6.23. The van der Waals surface area contributed by atoms with Gasteiger partial charge in [0.05, 0.1) is 23.1 Å². The lowest BCUT2D eigenvalue weighted by atomic mass is 10.2. The molecule has 0 atom stereocenters. The van der Waals surface area contributed by atoms with E-state index in [1.165, 1.54) is 0 Å². The summed E-state index contributed by atoms with van der Waals surface area (Å²) in [7, 11) is 0. The van der Waals surface area contributed by atoms with Gasteiger partial charge in [-0.2, -0.15) is 0 Å². The van der Waals surface area contributed by atoms with Crippen LogP contribution in [0.25, 0.3) is 11.0 Å². The Kier molecular flexibility index (Phi) is 3.09. The van der Waals surface area contributed by atoms with E-state index >= 15 is 0 Å². The number of nitrogens with zero attached hydrogens (tertiary/aromatic N) is 1. The third-order valence-corrected chi connectivity index (χ3v) is 3.03. The molecule has 0 aliphatic heterocycles. The second-order valence-corrected chi connectivity index (χ2v) is 4.44. The Hall–Kier alpha value is -2.82. The number of hydrogen-bond donors (Lipinski definition) is 3. The van der Waals surface area contributed by atoms with Crippen LogP contribution in [0.4, 0.5) is 5.69 Å². The summed E-state index contributed by atoms with van der Waals surface area (Å²) in [5.74, 6) is -0.0812. The summed E-state index contributed by atoms with van der Waals surface area (Å²) in [6.45, 7) is 0.557. The van der Waals surface area contributed by atoms with Crippen LogP contribution in [0.3, 0.4) is 0 Å². The van der Waals surface area contributed by atoms with E-state index in [0.717, 1.165) is 22.5 Å². The average Bonchev–Trinajstić information content (AvgIpc) is 2.88. The first-order chi connectivity index (χ1) is 9.72. The van der Waals surface area contributed by atoms with Gasteiger partial charge in [0, 0.05) is 5.69 Å². The van der Waals surface area contributed by atoms with Crippen molar-refractivity contribution in [2.45, 2.75) is 6.54 Å². The molecule has 0 unspecified atom stereocenters. The number of aromatic carboxylic acids is 1. The standard InChI is InChI=1S/C15H13N3O2/c19-15(20)10-5-7-11(8-6-10)16-9-14-17-12-3-1-2-4-13(12)18-14/h1-8,16H,9H2,(H,17,18)(H,19,20). The molecule has 20 heavy (non-hydrogen) atoms. The predicted octanol–water partition coefficient (Wildman–Crippen LogP) is 2.87. The Morgan fingerprint density at radius 2 is 1.90 bits per heavy atom. The highest BCUT2D eigenvalue weighted by Crippen LogP contribution is 2.13. The highest BCUT2D eigenvalue weighted by Gasteiger charge is 2.03. The zero-order valence-electron chi connectivity index (χ0n) is 10.6. The van der Waals surface area contributed by atoms with Gasteiger partial charge in [-0.15, -0.1) is 0 Å². The minimum Gasteiger partial charge on any atom is -0.478 e. The number of hydrogen-bond acceptors (Lipinski definition) is 3. The van der Waals surface area contributed by atoms with Crippen LogP contribution in [0.2, 0.25) is 0 Å². The smallest absolute Gasteiger partial charge is 0.335 e. The van der Waals surface area contributed by atoms with Gasteiger partial charge in [-0.25, -0.2) is 9.78 Å². The van der Waals surface area contributed by atoms with Gasteiger partial charge in [-0.3, -0.25) is 0 Å². The number of imidazole rings is 1. The predicted molar refractivity (Wildman–Crippen MR) is 76.8 cm³/mol.